The van der Waals surface area contributed by atoms with E-state index >= 15 is 0 Å². The fraction of sp³-hybridized carbons (Fsp3) is 0.0952. The minimum absolute atomic E-state index is 0.229. The highest BCUT2D eigenvalue weighted by Gasteiger charge is 2.17. The molecule has 1 amide bonds. The number of amides is 1. The first-order chi connectivity index (χ1) is 13.6. The molecule has 28 heavy (non-hydrogen) atoms. The van der Waals surface area contributed by atoms with Gasteiger partial charge in [-0.1, -0.05) is 41.9 Å². The number of hydrogen-bond acceptors (Lipinski definition) is 3. The molecule has 0 aliphatic rings. The highest BCUT2D eigenvalue weighted by atomic mass is 35.5. The molecule has 0 saturated heterocycles. The number of nitrogens with zero attached hydrogens (tertiary/aromatic N) is 4. The van der Waals surface area contributed by atoms with Crippen LogP contribution in [0.1, 0.15) is 21.6 Å². The number of anilines is 1. The van der Waals surface area contributed by atoms with Crippen molar-refractivity contribution in [3.63, 3.8) is 0 Å². The lowest BCUT2D eigenvalue weighted by Crippen LogP contribution is -2.17. The van der Waals surface area contributed by atoms with Crippen molar-refractivity contribution in [2.75, 3.05) is 5.32 Å². The second kappa shape index (κ2) is 7.70. The van der Waals surface area contributed by atoms with Gasteiger partial charge in [0.15, 0.2) is 0 Å². The van der Waals surface area contributed by atoms with Gasteiger partial charge in [0.05, 0.1) is 35.9 Å². The van der Waals surface area contributed by atoms with Gasteiger partial charge in [-0.3, -0.25) is 4.79 Å². The molecule has 4 aromatic rings. The average Bonchev–Trinajstić information content (AvgIpc) is 3.29. The van der Waals surface area contributed by atoms with Gasteiger partial charge in [-0.25, -0.2) is 9.36 Å². The van der Waals surface area contributed by atoms with Crippen molar-refractivity contribution in [3.05, 3.63) is 94.9 Å². The van der Waals surface area contributed by atoms with E-state index in [1.54, 1.807) is 27.8 Å². The second-order valence-electron chi connectivity index (χ2n) is 6.35. The Morgan fingerprint density at radius 1 is 1.07 bits per heavy atom. The standard InChI is InChI=1S/C21H18ClN5O/c1-15-19(13-24-27(15)18-8-3-2-4-9-18)21(28)25-20-10-11-23-26(20)14-16-6-5-7-17(22)12-16/h2-13H,14H2,1H3,(H,25,28). The van der Waals surface area contributed by atoms with Crippen molar-refractivity contribution in [2.24, 2.45) is 0 Å². The van der Waals surface area contributed by atoms with Crippen LogP contribution in [0.5, 0.6) is 0 Å². The molecule has 0 atom stereocenters. The zero-order valence-electron chi connectivity index (χ0n) is 15.2. The monoisotopic (exact) mass is 391 g/mol. The van der Waals surface area contributed by atoms with Crippen molar-refractivity contribution in [1.29, 1.82) is 0 Å². The Morgan fingerprint density at radius 3 is 2.68 bits per heavy atom. The van der Waals surface area contributed by atoms with Gasteiger partial charge in [0, 0.05) is 11.1 Å². The Balaban J connectivity index is 1.54. The van der Waals surface area contributed by atoms with Crippen LogP contribution in [0.15, 0.2) is 73.1 Å². The largest absolute Gasteiger partial charge is 0.307 e. The van der Waals surface area contributed by atoms with E-state index in [1.807, 2.05) is 61.5 Å². The first kappa shape index (κ1) is 18.0. The highest BCUT2D eigenvalue weighted by molar-refractivity contribution is 6.30. The van der Waals surface area contributed by atoms with Crippen LogP contribution in [0.2, 0.25) is 5.02 Å². The van der Waals surface area contributed by atoms with Crippen molar-refractivity contribution < 1.29 is 4.79 Å². The zero-order chi connectivity index (χ0) is 19.5. The summed E-state index contributed by atoms with van der Waals surface area (Å²) in [5.41, 5.74) is 3.19. The molecule has 6 nitrogen and oxygen atoms in total. The van der Waals surface area contributed by atoms with Gasteiger partial charge < -0.3 is 5.32 Å². The molecule has 2 aromatic heterocycles. The van der Waals surface area contributed by atoms with Crippen LogP contribution in [0.25, 0.3) is 5.69 Å². The van der Waals surface area contributed by atoms with E-state index in [0.29, 0.717) is 22.9 Å². The lowest BCUT2D eigenvalue weighted by Gasteiger charge is -2.10. The molecule has 0 aliphatic carbocycles. The molecule has 0 saturated carbocycles. The smallest absolute Gasteiger partial charge is 0.260 e. The summed E-state index contributed by atoms with van der Waals surface area (Å²) >= 11 is 6.05. The lowest BCUT2D eigenvalue weighted by atomic mass is 10.2. The molecule has 1 N–H and O–H groups in total. The van der Waals surface area contributed by atoms with Crippen LogP contribution >= 0.6 is 11.6 Å². The molecule has 2 aromatic carbocycles. The Morgan fingerprint density at radius 2 is 1.89 bits per heavy atom. The summed E-state index contributed by atoms with van der Waals surface area (Å²) in [6.07, 6.45) is 3.23. The predicted octanol–water partition coefficient (Wildman–Crippen LogP) is 4.33. The second-order valence-corrected chi connectivity index (χ2v) is 6.79. The third-order valence-corrected chi connectivity index (χ3v) is 4.67. The van der Waals surface area contributed by atoms with Crippen LogP contribution in [0, 0.1) is 6.92 Å². The van der Waals surface area contributed by atoms with Gasteiger partial charge in [-0.05, 0) is 36.8 Å². The summed E-state index contributed by atoms with van der Waals surface area (Å²) in [4.78, 5) is 12.8. The van der Waals surface area contributed by atoms with E-state index < -0.39 is 0 Å². The van der Waals surface area contributed by atoms with Gasteiger partial charge >= 0.3 is 0 Å². The summed E-state index contributed by atoms with van der Waals surface area (Å²) in [5.74, 6) is 0.379. The molecule has 0 unspecified atom stereocenters. The summed E-state index contributed by atoms with van der Waals surface area (Å²) in [7, 11) is 0. The minimum Gasteiger partial charge on any atom is -0.307 e. The van der Waals surface area contributed by atoms with Gasteiger partial charge in [0.1, 0.15) is 5.82 Å². The number of carbonyl (C=O) groups is 1. The molecule has 4 rings (SSSR count). The maximum atomic E-state index is 12.8. The van der Waals surface area contributed by atoms with Crippen molar-refractivity contribution in [3.8, 4) is 5.69 Å². The van der Waals surface area contributed by atoms with Crippen LogP contribution < -0.4 is 5.32 Å². The minimum atomic E-state index is -0.229. The number of hydrogen-bond donors (Lipinski definition) is 1. The van der Waals surface area contributed by atoms with E-state index in [4.69, 9.17) is 11.6 Å². The van der Waals surface area contributed by atoms with E-state index in [-0.39, 0.29) is 5.91 Å². The van der Waals surface area contributed by atoms with Gasteiger partial charge in [0.2, 0.25) is 0 Å². The summed E-state index contributed by atoms with van der Waals surface area (Å²) < 4.78 is 3.47. The molecular weight excluding hydrogens is 374 g/mol. The average molecular weight is 392 g/mol. The van der Waals surface area contributed by atoms with Crippen LogP contribution in [0.4, 0.5) is 5.82 Å². The first-order valence-corrected chi connectivity index (χ1v) is 9.17. The molecule has 0 spiro atoms. The molecular formula is C21H18ClN5O. The zero-order valence-corrected chi connectivity index (χ0v) is 16.0. The molecule has 0 bridgehead atoms. The lowest BCUT2D eigenvalue weighted by molar-refractivity contribution is 0.102. The topological polar surface area (TPSA) is 64.7 Å². The number of halogens is 1. The van der Waals surface area contributed by atoms with E-state index in [9.17, 15) is 4.79 Å². The summed E-state index contributed by atoms with van der Waals surface area (Å²) in [6.45, 7) is 2.38. The summed E-state index contributed by atoms with van der Waals surface area (Å²) in [5, 5.41) is 12.2. The van der Waals surface area contributed by atoms with Gasteiger partial charge in [0.25, 0.3) is 5.91 Å². The third kappa shape index (κ3) is 3.68. The quantitative estimate of drug-likeness (QED) is 0.550. The molecule has 0 aliphatic heterocycles. The first-order valence-electron chi connectivity index (χ1n) is 8.79. The number of carbonyl (C=O) groups excluding carboxylic acids is 1. The highest BCUT2D eigenvalue weighted by Crippen LogP contribution is 2.18. The predicted molar refractivity (Wildman–Crippen MR) is 109 cm³/mol. The van der Waals surface area contributed by atoms with Crippen molar-refractivity contribution in [2.45, 2.75) is 13.5 Å². The molecule has 2 heterocycles. The third-order valence-electron chi connectivity index (χ3n) is 4.43. The SMILES string of the molecule is Cc1c(C(=O)Nc2ccnn2Cc2cccc(Cl)c2)cnn1-c1ccccc1. The Hall–Kier alpha value is -3.38. The van der Waals surface area contributed by atoms with Gasteiger partial charge in [-0.15, -0.1) is 0 Å². The number of para-hydroxylation sites is 1. The molecule has 0 radical (unpaired) electrons. The Labute approximate surface area is 167 Å². The van der Waals surface area contributed by atoms with Crippen molar-refractivity contribution in [1.82, 2.24) is 19.6 Å². The number of nitrogens with one attached hydrogen (secondary N) is 1. The van der Waals surface area contributed by atoms with Gasteiger partial charge in [-0.2, -0.15) is 10.2 Å². The fourth-order valence-electron chi connectivity index (χ4n) is 3.02. The van der Waals surface area contributed by atoms with E-state index in [0.717, 1.165) is 16.9 Å². The number of rotatable bonds is 5. The normalized spacial score (nSPS) is 10.8. The molecule has 0 fully saturated rings. The number of aromatic nitrogens is 4. The summed E-state index contributed by atoms with van der Waals surface area (Å²) in [6, 6.07) is 19.0. The number of benzene rings is 2. The Bertz CT molecular complexity index is 1120. The fourth-order valence-corrected chi connectivity index (χ4v) is 3.23. The van der Waals surface area contributed by atoms with Crippen LogP contribution in [0.3, 0.4) is 0 Å². The van der Waals surface area contributed by atoms with E-state index in [1.165, 1.54) is 0 Å². The molecule has 7 heteroatoms. The maximum Gasteiger partial charge on any atom is 0.260 e. The van der Waals surface area contributed by atoms with E-state index in [2.05, 4.69) is 15.5 Å². The molecule has 140 valence electrons. The maximum absolute atomic E-state index is 12.8. The van der Waals surface area contributed by atoms with Crippen molar-refractivity contribution >= 4 is 23.3 Å². The van der Waals surface area contributed by atoms with Crippen LogP contribution in [-0.4, -0.2) is 25.5 Å². The Kier molecular flexibility index (Phi) is 4.95. The van der Waals surface area contributed by atoms with Crippen LogP contribution in [-0.2, 0) is 6.54 Å².